The third kappa shape index (κ3) is 4.67. The van der Waals surface area contributed by atoms with E-state index in [1.807, 2.05) is 12.1 Å². The number of hydrogen-bond acceptors (Lipinski definition) is 2. The van der Waals surface area contributed by atoms with Crippen LogP contribution in [-0.4, -0.2) is 12.5 Å². The second kappa shape index (κ2) is 6.71. The molecule has 2 unspecified atom stereocenters. The molecule has 1 fully saturated rings. The van der Waals surface area contributed by atoms with Gasteiger partial charge in [0.05, 0.1) is 0 Å². The Balaban J connectivity index is 1.72. The molecule has 0 saturated heterocycles. The smallest absolute Gasteiger partial charge is 0.221 e. The van der Waals surface area contributed by atoms with E-state index in [1.54, 1.807) is 0 Å². The molecule has 1 saturated carbocycles. The van der Waals surface area contributed by atoms with Crippen LogP contribution in [0.15, 0.2) is 24.3 Å². The first-order chi connectivity index (χ1) is 9.13. The minimum absolute atomic E-state index is 0.0266. The van der Waals surface area contributed by atoms with Crippen molar-refractivity contribution in [1.29, 1.82) is 0 Å². The van der Waals surface area contributed by atoms with Crippen molar-refractivity contribution < 1.29 is 4.79 Å². The Morgan fingerprint density at radius 1 is 1.26 bits per heavy atom. The highest BCUT2D eigenvalue weighted by atomic mass is 16.1. The van der Waals surface area contributed by atoms with Crippen LogP contribution in [0.25, 0.3) is 0 Å². The number of hydrogen-bond donors (Lipinski definition) is 2. The first-order valence-electron chi connectivity index (χ1n) is 7.20. The van der Waals surface area contributed by atoms with Crippen molar-refractivity contribution in [2.24, 2.45) is 11.8 Å². The molecule has 0 aromatic heterocycles. The molecule has 19 heavy (non-hydrogen) atoms. The summed E-state index contributed by atoms with van der Waals surface area (Å²) in [6.07, 6.45) is 4.13. The van der Waals surface area contributed by atoms with E-state index in [4.69, 9.17) is 0 Å². The van der Waals surface area contributed by atoms with Gasteiger partial charge in [-0.25, -0.2) is 0 Å². The first kappa shape index (κ1) is 14.1. The number of carbonyl (C=O) groups excluding carboxylic acids is 1. The van der Waals surface area contributed by atoms with Gasteiger partial charge in [0.1, 0.15) is 0 Å². The minimum atomic E-state index is -0.0266. The summed E-state index contributed by atoms with van der Waals surface area (Å²) in [5.74, 6) is 1.73. The zero-order chi connectivity index (χ0) is 13.7. The van der Waals surface area contributed by atoms with Crippen LogP contribution in [0.4, 0.5) is 5.69 Å². The first-order valence-corrected chi connectivity index (χ1v) is 7.20. The molecule has 0 aliphatic heterocycles. The van der Waals surface area contributed by atoms with Crippen LogP contribution in [0.3, 0.4) is 0 Å². The molecule has 3 nitrogen and oxygen atoms in total. The molecule has 2 N–H and O–H groups in total. The molecule has 2 rings (SSSR count). The number of anilines is 1. The highest BCUT2D eigenvalue weighted by Gasteiger charge is 2.20. The summed E-state index contributed by atoms with van der Waals surface area (Å²) >= 11 is 0. The number of amides is 1. The molecule has 104 valence electrons. The van der Waals surface area contributed by atoms with Gasteiger partial charge in [-0.1, -0.05) is 25.5 Å². The van der Waals surface area contributed by atoms with Gasteiger partial charge < -0.3 is 10.6 Å². The van der Waals surface area contributed by atoms with Crippen molar-refractivity contribution in [2.75, 3.05) is 11.9 Å². The monoisotopic (exact) mass is 260 g/mol. The summed E-state index contributed by atoms with van der Waals surface area (Å²) in [5.41, 5.74) is 2.13. The number of benzene rings is 1. The number of nitrogens with one attached hydrogen (secondary N) is 2. The van der Waals surface area contributed by atoms with Crippen molar-refractivity contribution in [3.05, 3.63) is 29.8 Å². The van der Waals surface area contributed by atoms with Crippen LogP contribution in [0, 0.1) is 11.8 Å². The second-order valence-corrected chi connectivity index (χ2v) is 5.79. The van der Waals surface area contributed by atoms with E-state index in [1.165, 1.54) is 31.7 Å². The fourth-order valence-electron chi connectivity index (χ4n) is 2.84. The average Bonchev–Trinajstić information content (AvgIpc) is 2.77. The van der Waals surface area contributed by atoms with Crippen LogP contribution in [-0.2, 0) is 11.3 Å². The van der Waals surface area contributed by atoms with Crippen molar-refractivity contribution in [3.8, 4) is 0 Å². The van der Waals surface area contributed by atoms with Crippen molar-refractivity contribution in [2.45, 2.75) is 39.7 Å². The maximum Gasteiger partial charge on any atom is 0.221 e. The molecule has 0 heterocycles. The Bertz CT molecular complexity index is 413. The predicted molar refractivity (Wildman–Crippen MR) is 79.0 cm³/mol. The van der Waals surface area contributed by atoms with Gasteiger partial charge in [-0.15, -0.1) is 0 Å². The van der Waals surface area contributed by atoms with Crippen molar-refractivity contribution in [1.82, 2.24) is 5.32 Å². The molecule has 1 amide bonds. The van der Waals surface area contributed by atoms with E-state index in [0.29, 0.717) is 0 Å². The quantitative estimate of drug-likeness (QED) is 0.853. The maximum atomic E-state index is 10.9. The van der Waals surface area contributed by atoms with E-state index >= 15 is 0 Å². The van der Waals surface area contributed by atoms with Gasteiger partial charge in [-0.3, -0.25) is 4.79 Å². The molecule has 0 spiro atoms. The van der Waals surface area contributed by atoms with Gasteiger partial charge in [0.25, 0.3) is 0 Å². The fraction of sp³-hybridized carbons (Fsp3) is 0.562. The molecular weight excluding hydrogens is 236 g/mol. The summed E-state index contributed by atoms with van der Waals surface area (Å²) in [5, 5.41) is 6.32. The summed E-state index contributed by atoms with van der Waals surface area (Å²) in [6, 6.07) is 8.04. The Kier molecular flexibility index (Phi) is 4.97. The molecule has 2 atom stereocenters. The van der Waals surface area contributed by atoms with Gasteiger partial charge in [-0.05, 0) is 48.9 Å². The molecule has 0 radical (unpaired) electrons. The topological polar surface area (TPSA) is 41.1 Å². The maximum absolute atomic E-state index is 10.9. The van der Waals surface area contributed by atoms with Crippen LogP contribution in [0.2, 0.25) is 0 Å². The molecule has 1 aromatic carbocycles. The van der Waals surface area contributed by atoms with Crippen LogP contribution < -0.4 is 10.6 Å². The molecule has 1 aromatic rings. The Morgan fingerprint density at radius 3 is 2.58 bits per heavy atom. The van der Waals surface area contributed by atoms with E-state index in [9.17, 15) is 4.79 Å². The molecular formula is C16H24N2O. The minimum Gasteiger partial charge on any atom is -0.326 e. The summed E-state index contributed by atoms with van der Waals surface area (Å²) < 4.78 is 0. The van der Waals surface area contributed by atoms with Gasteiger partial charge in [0, 0.05) is 19.2 Å². The third-order valence-corrected chi connectivity index (χ3v) is 3.84. The number of carbonyl (C=O) groups is 1. The van der Waals surface area contributed by atoms with Crippen LogP contribution >= 0.6 is 0 Å². The molecule has 1 aliphatic carbocycles. The van der Waals surface area contributed by atoms with E-state index in [0.717, 1.165) is 30.6 Å². The lowest BCUT2D eigenvalue weighted by Gasteiger charge is -2.11. The summed E-state index contributed by atoms with van der Waals surface area (Å²) in [7, 11) is 0. The Hall–Kier alpha value is -1.35. The van der Waals surface area contributed by atoms with Gasteiger partial charge >= 0.3 is 0 Å². The Labute approximate surface area is 115 Å². The average molecular weight is 260 g/mol. The van der Waals surface area contributed by atoms with Gasteiger partial charge in [-0.2, -0.15) is 0 Å². The largest absolute Gasteiger partial charge is 0.326 e. The lowest BCUT2D eigenvalue weighted by molar-refractivity contribution is -0.114. The normalized spacial score (nSPS) is 22.4. The fourth-order valence-corrected chi connectivity index (χ4v) is 2.84. The van der Waals surface area contributed by atoms with Crippen LogP contribution in [0.5, 0.6) is 0 Å². The standard InChI is InChI=1S/C16H24N2O/c1-12-3-4-15(9-12)11-17-10-14-5-7-16(8-6-14)18-13(2)19/h5-8,12,15,17H,3-4,9-11H2,1-2H3,(H,18,19). The molecule has 1 aliphatic rings. The van der Waals surface area contributed by atoms with E-state index in [2.05, 4.69) is 29.7 Å². The van der Waals surface area contributed by atoms with Crippen LogP contribution in [0.1, 0.15) is 38.7 Å². The highest BCUT2D eigenvalue weighted by Crippen LogP contribution is 2.29. The lowest BCUT2D eigenvalue weighted by Crippen LogP contribution is -2.20. The molecule has 3 heteroatoms. The van der Waals surface area contributed by atoms with Gasteiger partial charge in [0.2, 0.25) is 5.91 Å². The zero-order valence-corrected chi connectivity index (χ0v) is 11.9. The lowest BCUT2D eigenvalue weighted by atomic mass is 10.1. The zero-order valence-electron chi connectivity index (χ0n) is 11.9. The predicted octanol–water partition coefficient (Wildman–Crippen LogP) is 3.17. The van der Waals surface area contributed by atoms with E-state index < -0.39 is 0 Å². The summed E-state index contributed by atoms with van der Waals surface area (Å²) in [6.45, 7) is 5.90. The molecule has 0 bridgehead atoms. The van der Waals surface area contributed by atoms with Crippen molar-refractivity contribution >= 4 is 11.6 Å². The summed E-state index contributed by atoms with van der Waals surface area (Å²) in [4.78, 5) is 10.9. The van der Waals surface area contributed by atoms with Crippen molar-refractivity contribution in [3.63, 3.8) is 0 Å². The van der Waals surface area contributed by atoms with E-state index in [-0.39, 0.29) is 5.91 Å². The Morgan fingerprint density at radius 2 is 2.00 bits per heavy atom. The SMILES string of the molecule is CC(=O)Nc1ccc(CNCC2CCC(C)C2)cc1. The van der Waals surface area contributed by atoms with Gasteiger partial charge in [0.15, 0.2) is 0 Å². The second-order valence-electron chi connectivity index (χ2n) is 5.79. The number of rotatable bonds is 5. The third-order valence-electron chi connectivity index (χ3n) is 3.84. The highest BCUT2D eigenvalue weighted by molar-refractivity contribution is 5.88.